The van der Waals surface area contributed by atoms with Crippen LogP contribution in [-0.2, 0) is 4.57 Å². The van der Waals surface area contributed by atoms with Crippen molar-refractivity contribution in [2.24, 2.45) is 0 Å². The molecule has 0 bridgehead atoms. The smallest absolute Gasteiger partial charge is 0.171 e. The van der Waals surface area contributed by atoms with Crippen LogP contribution in [0.1, 0.15) is 0 Å². The number of hydrogen-bond donors (Lipinski definition) is 0. The van der Waals surface area contributed by atoms with E-state index in [0.29, 0.717) is 15.9 Å². The van der Waals surface area contributed by atoms with E-state index in [4.69, 9.17) is 0 Å². The predicted molar refractivity (Wildman–Crippen MR) is 194 cm³/mol. The van der Waals surface area contributed by atoms with Crippen molar-refractivity contribution in [3.8, 4) is 11.4 Å². The first-order valence-corrected chi connectivity index (χ1v) is 17.5. The molecule has 0 aliphatic rings. The van der Waals surface area contributed by atoms with Crippen LogP contribution in [0, 0.1) is 11.6 Å². The molecule has 9 aromatic rings. The van der Waals surface area contributed by atoms with Gasteiger partial charge in [-0.15, -0.1) is 0 Å². The molecule has 230 valence electrons. The lowest BCUT2D eigenvalue weighted by Crippen LogP contribution is -2.25. The van der Waals surface area contributed by atoms with Crippen molar-refractivity contribution in [3.05, 3.63) is 175 Å². The lowest BCUT2D eigenvalue weighted by molar-refractivity contribution is 0.592. The molecule has 6 heteroatoms. The van der Waals surface area contributed by atoms with Crippen molar-refractivity contribution in [1.82, 2.24) is 9.13 Å². The average Bonchev–Trinajstić information content (AvgIpc) is 3.63. The Hall–Kier alpha value is -5.77. The van der Waals surface area contributed by atoms with Crippen molar-refractivity contribution < 1.29 is 13.3 Å². The minimum atomic E-state index is -3.45. The van der Waals surface area contributed by atoms with Crippen LogP contribution < -0.4 is 15.9 Å². The van der Waals surface area contributed by atoms with E-state index >= 15 is 4.57 Å². The van der Waals surface area contributed by atoms with Gasteiger partial charge in [0.15, 0.2) is 7.14 Å². The standard InChI is InChI=1S/C42H27F2N2OP/c43-28-16-20-35-37-26-33(18-22-39(37)45(41(35)24-28)30-10-4-1-5-11-30)48(47,32-14-8-3-9-15-32)34-19-23-40-38(27-34)36-21-17-29(44)25-42(36)46(40)31-12-6-2-7-13-31/h1-27H. The Bertz CT molecular complexity index is 2550. The summed E-state index contributed by atoms with van der Waals surface area (Å²) in [5.41, 5.74) is 5.11. The van der Waals surface area contributed by atoms with E-state index in [-0.39, 0.29) is 11.6 Å². The monoisotopic (exact) mass is 644 g/mol. The van der Waals surface area contributed by atoms with Gasteiger partial charge in [0.1, 0.15) is 11.6 Å². The summed E-state index contributed by atoms with van der Waals surface area (Å²) in [6, 6.07) is 50.9. The zero-order valence-corrected chi connectivity index (χ0v) is 26.5. The zero-order chi connectivity index (χ0) is 32.4. The van der Waals surface area contributed by atoms with Crippen LogP contribution in [0.15, 0.2) is 164 Å². The highest BCUT2D eigenvalue weighted by atomic mass is 31.2. The highest BCUT2D eigenvalue weighted by Gasteiger charge is 2.31. The van der Waals surface area contributed by atoms with Crippen molar-refractivity contribution in [3.63, 3.8) is 0 Å². The SMILES string of the molecule is O=P(c1ccccc1)(c1ccc2c(c1)c1ccc(F)cc1n2-c1ccccc1)c1ccc2c(c1)c1ccc(F)cc1n2-c1ccccc1. The highest BCUT2D eigenvalue weighted by Crippen LogP contribution is 2.45. The quantitative estimate of drug-likeness (QED) is 0.171. The van der Waals surface area contributed by atoms with E-state index in [2.05, 4.69) is 9.13 Å². The van der Waals surface area contributed by atoms with Gasteiger partial charge in [-0.2, -0.15) is 0 Å². The Morgan fingerprint density at radius 2 is 0.792 bits per heavy atom. The molecule has 0 fully saturated rings. The van der Waals surface area contributed by atoms with Crippen molar-refractivity contribution in [2.45, 2.75) is 0 Å². The summed E-state index contributed by atoms with van der Waals surface area (Å²) < 4.78 is 49.3. The van der Waals surface area contributed by atoms with Crippen LogP contribution >= 0.6 is 7.14 Å². The van der Waals surface area contributed by atoms with Gasteiger partial charge in [0.25, 0.3) is 0 Å². The molecule has 3 nitrogen and oxygen atoms in total. The van der Waals surface area contributed by atoms with E-state index in [1.807, 2.05) is 127 Å². The van der Waals surface area contributed by atoms with E-state index < -0.39 is 7.14 Å². The lowest BCUT2D eigenvalue weighted by atomic mass is 10.1. The fraction of sp³-hybridized carbons (Fsp3) is 0. The van der Waals surface area contributed by atoms with Crippen molar-refractivity contribution in [2.75, 3.05) is 0 Å². The van der Waals surface area contributed by atoms with Crippen LogP contribution in [0.2, 0.25) is 0 Å². The summed E-state index contributed by atoms with van der Waals surface area (Å²) in [6.07, 6.45) is 0. The number of hydrogen-bond acceptors (Lipinski definition) is 1. The molecule has 0 unspecified atom stereocenters. The molecule has 0 aliphatic carbocycles. The van der Waals surface area contributed by atoms with Gasteiger partial charge in [0, 0.05) is 48.8 Å². The minimum Gasteiger partial charge on any atom is -0.309 e. The Morgan fingerprint density at radius 1 is 0.375 bits per heavy atom. The molecule has 0 amide bonds. The van der Waals surface area contributed by atoms with E-state index in [1.54, 1.807) is 24.3 Å². The molecule has 2 heterocycles. The Kier molecular flexibility index (Phi) is 6.46. The lowest BCUT2D eigenvalue weighted by Gasteiger charge is -2.21. The first-order valence-electron chi connectivity index (χ1n) is 15.8. The maximum Gasteiger partial charge on any atom is 0.171 e. The zero-order valence-electron chi connectivity index (χ0n) is 25.6. The first kappa shape index (κ1) is 28.5. The van der Waals surface area contributed by atoms with Crippen molar-refractivity contribution >= 4 is 66.7 Å². The molecule has 9 rings (SSSR count). The third-order valence-electron chi connectivity index (χ3n) is 9.30. The normalized spacial score (nSPS) is 12.0. The molecule has 0 aliphatic heterocycles. The van der Waals surface area contributed by atoms with Gasteiger partial charge in [-0.1, -0.05) is 66.7 Å². The topological polar surface area (TPSA) is 26.9 Å². The van der Waals surface area contributed by atoms with Gasteiger partial charge < -0.3 is 13.7 Å². The van der Waals surface area contributed by atoms with Gasteiger partial charge in [0.2, 0.25) is 0 Å². The van der Waals surface area contributed by atoms with E-state index in [0.717, 1.165) is 55.0 Å². The number of rotatable bonds is 5. The fourth-order valence-electron chi connectivity index (χ4n) is 7.15. The Balaban J connectivity index is 1.33. The van der Waals surface area contributed by atoms with Crippen LogP contribution in [0.3, 0.4) is 0 Å². The largest absolute Gasteiger partial charge is 0.309 e. The highest BCUT2D eigenvalue weighted by molar-refractivity contribution is 7.85. The maximum atomic E-state index is 15.9. The van der Waals surface area contributed by atoms with Gasteiger partial charge in [0.05, 0.1) is 22.1 Å². The summed E-state index contributed by atoms with van der Waals surface area (Å²) in [5, 5.41) is 5.59. The molecule has 48 heavy (non-hydrogen) atoms. The van der Waals surface area contributed by atoms with Gasteiger partial charge >= 0.3 is 0 Å². The van der Waals surface area contributed by atoms with Crippen LogP contribution in [0.25, 0.3) is 55.0 Å². The van der Waals surface area contributed by atoms with Crippen LogP contribution in [0.5, 0.6) is 0 Å². The summed E-state index contributed by atoms with van der Waals surface area (Å²) >= 11 is 0. The molecular weight excluding hydrogens is 617 g/mol. The molecule has 0 saturated carbocycles. The second kappa shape index (κ2) is 10.9. The summed E-state index contributed by atoms with van der Waals surface area (Å²) in [6.45, 7) is 0. The number of fused-ring (bicyclic) bond motifs is 6. The molecule has 0 radical (unpaired) electrons. The molecule has 2 aromatic heterocycles. The molecule has 0 N–H and O–H groups in total. The third kappa shape index (κ3) is 4.28. The second-order valence-electron chi connectivity index (χ2n) is 12.0. The molecule has 0 saturated heterocycles. The molecule has 0 atom stereocenters. The minimum absolute atomic E-state index is 0.319. The maximum absolute atomic E-state index is 15.9. The van der Waals surface area contributed by atoms with Gasteiger partial charge in [-0.05, 0) is 97.1 Å². The number of nitrogens with zero attached hydrogens (tertiary/aromatic N) is 2. The predicted octanol–water partition coefficient (Wildman–Crippen LogP) is 9.80. The van der Waals surface area contributed by atoms with Crippen LogP contribution in [-0.4, -0.2) is 9.13 Å². The second-order valence-corrected chi connectivity index (χ2v) is 14.8. The molecule has 0 spiro atoms. The van der Waals surface area contributed by atoms with E-state index in [9.17, 15) is 8.78 Å². The van der Waals surface area contributed by atoms with Crippen LogP contribution in [0.4, 0.5) is 8.78 Å². The fourth-order valence-corrected chi connectivity index (χ4v) is 9.83. The average molecular weight is 645 g/mol. The van der Waals surface area contributed by atoms with E-state index in [1.165, 1.54) is 12.1 Å². The number of halogens is 2. The number of aromatic nitrogens is 2. The molecule has 7 aromatic carbocycles. The first-order chi connectivity index (χ1) is 23.5. The van der Waals surface area contributed by atoms with Crippen molar-refractivity contribution in [1.29, 1.82) is 0 Å². The number of para-hydroxylation sites is 2. The Labute approximate surface area is 275 Å². The summed E-state index contributed by atoms with van der Waals surface area (Å²) in [7, 11) is -3.45. The third-order valence-corrected chi connectivity index (χ3v) is 12.3. The van der Waals surface area contributed by atoms with Gasteiger partial charge in [-0.3, -0.25) is 0 Å². The summed E-state index contributed by atoms with van der Waals surface area (Å²) in [4.78, 5) is 0. The number of benzene rings is 7. The summed E-state index contributed by atoms with van der Waals surface area (Å²) in [5.74, 6) is -0.638. The molecular formula is C42H27F2N2OP. The Morgan fingerprint density at radius 3 is 1.23 bits per heavy atom. The van der Waals surface area contributed by atoms with Gasteiger partial charge in [-0.25, -0.2) is 8.78 Å².